The molecule has 2 aliphatic rings. The van der Waals surface area contributed by atoms with Crippen LogP contribution in [0, 0.1) is 11.2 Å². The van der Waals surface area contributed by atoms with Gasteiger partial charge in [0.25, 0.3) is 5.91 Å². The molecule has 1 saturated carbocycles. The van der Waals surface area contributed by atoms with Crippen LogP contribution < -0.4 is 5.32 Å². The van der Waals surface area contributed by atoms with Gasteiger partial charge in [0.15, 0.2) is 0 Å². The van der Waals surface area contributed by atoms with Gasteiger partial charge in [-0.2, -0.15) is 0 Å². The zero-order valence-corrected chi connectivity index (χ0v) is 13.3. The molecule has 1 aliphatic carbocycles. The molecule has 1 aromatic carbocycles. The SMILES string of the molecule is O=C(c1cccc(F)c1)N1CCC2(CC(Nc3ncccn3)C2)C1. The summed E-state index contributed by atoms with van der Waals surface area (Å²) in [6, 6.07) is 8.07. The molecule has 1 saturated heterocycles. The Balaban J connectivity index is 1.35. The number of hydrogen-bond acceptors (Lipinski definition) is 4. The van der Waals surface area contributed by atoms with Gasteiger partial charge in [-0.05, 0) is 48.9 Å². The topological polar surface area (TPSA) is 58.1 Å². The van der Waals surface area contributed by atoms with E-state index in [9.17, 15) is 9.18 Å². The zero-order chi connectivity index (χ0) is 16.6. The Kier molecular flexibility index (Phi) is 3.67. The van der Waals surface area contributed by atoms with Crippen molar-refractivity contribution < 1.29 is 9.18 Å². The Morgan fingerprint density at radius 2 is 2.04 bits per heavy atom. The lowest BCUT2D eigenvalue weighted by molar-refractivity contribution is 0.0715. The number of nitrogens with one attached hydrogen (secondary N) is 1. The van der Waals surface area contributed by atoms with Crippen molar-refractivity contribution >= 4 is 11.9 Å². The molecule has 2 fully saturated rings. The summed E-state index contributed by atoms with van der Waals surface area (Å²) in [4.78, 5) is 22.7. The summed E-state index contributed by atoms with van der Waals surface area (Å²) in [5.41, 5.74) is 0.619. The molecule has 5 nitrogen and oxygen atoms in total. The lowest BCUT2D eigenvalue weighted by atomic mass is 9.65. The van der Waals surface area contributed by atoms with E-state index in [0.29, 0.717) is 17.6 Å². The number of nitrogens with zero attached hydrogens (tertiary/aromatic N) is 3. The summed E-state index contributed by atoms with van der Waals surface area (Å²) in [7, 11) is 0. The number of benzene rings is 1. The van der Waals surface area contributed by atoms with Gasteiger partial charge in [-0.1, -0.05) is 6.07 Å². The third-order valence-electron chi connectivity index (χ3n) is 5.05. The first kappa shape index (κ1) is 15.1. The molecular formula is C18H19FN4O. The fourth-order valence-electron chi connectivity index (χ4n) is 3.89. The molecule has 6 heteroatoms. The molecule has 0 bridgehead atoms. The number of amides is 1. The van der Waals surface area contributed by atoms with Gasteiger partial charge in [0.2, 0.25) is 5.95 Å². The standard InChI is InChI=1S/C18H19FN4O/c19-14-4-1-3-13(9-14)16(24)23-8-5-18(12-23)10-15(11-18)22-17-20-6-2-7-21-17/h1-4,6-7,9,15H,5,8,10-12H2,(H,20,21,22). The number of hydrogen-bond donors (Lipinski definition) is 1. The maximum atomic E-state index is 13.3. The van der Waals surface area contributed by atoms with Gasteiger partial charge in [0.05, 0.1) is 0 Å². The number of aromatic nitrogens is 2. The predicted molar refractivity (Wildman–Crippen MR) is 88.0 cm³/mol. The van der Waals surface area contributed by atoms with E-state index in [2.05, 4.69) is 15.3 Å². The quantitative estimate of drug-likeness (QED) is 0.942. The average Bonchev–Trinajstić information content (AvgIpc) is 3.00. The molecule has 1 amide bonds. The molecule has 0 atom stereocenters. The second-order valence-corrected chi connectivity index (χ2v) is 6.81. The fraction of sp³-hybridized carbons (Fsp3) is 0.389. The van der Waals surface area contributed by atoms with Crippen molar-refractivity contribution in [2.45, 2.75) is 25.3 Å². The van der Waals surface area contributed by atoms with Crippen LogP contribution in [-0.2, 0) is 0 Å². The van der Waals surface area contributed by atoms with E-state index in [0.717, 1.165) is 32.4 Å². The summed E-state index contributed by atoms with van der Waals surface area (Å²) in [6.45, 7) is 1.49. The van der Waals surface area contributed by atoms with Crippen LogP contribution in [0.3, 0.4) is 0 Å². The largest absolute Gasteiger partial charge is 0.351 e. The first-order valence-electron chi connectivity index (χ1n) is 8.22. The third-order valence-corrected chi connectivity index (χ3v) is 5.05. The second-order valence-electron chi connectivity index (χ2n) is 6.81. The molecule has 1 aromatic heterocycles. The van der Waals surface area contributed by atoms with Crippen molar-refractivity contribution in [2.24, 2.45) is 5.41 Å². The molecule has 0 radical (unpaired) electrons. The normalized spacial score (nSPS) is 25.5. The molecule has 0 unspecified atom stereocenters. The maximum Gasteiger partial charge on any atom is 0.253 e. The van der Waals surface area contributed by atoms with Crippen molar-refractivity contribution in [3.63, 3.8) is 0 Å². The van der Waals surface area contributed by atoms with E-state index in [1.807, 2.05) is 4.90 Å². The van der Waals surface area contributed by atoms with Crippen LogP contribution >= 0.6 is 0 Å². The number of carbonyl (C=O) groups excluding carboxylic acids is 1. The van der Waals surface area contributed by atoms with E-state index in [-0.39, 0.29) is 17.1 Å². The highest BCUT2D eigenvalue weighted by Gasteiger charge is 2.49. The summed E-state index contributed by atoms with van der Waals surface area (Å²) >= 11 is 0. The highest BCUT2D eigenvalue weighted by atomic mass is 19.1. The van der Waals surface area contributed by atoms with Gasteiger partial charge < -0.3 is 10.2 Å². The molecule has 2 heterocycles. The number of rotatable bonds is 3. The van der Waals surface area contributed by atoms with Gasteiger partial charge in [0, 0.05) is 37.1 Å². The molecule has 1 aliphatic heterocycles. The second kappa shape index (κ2) is 5.85. The predicted octanol–water partition coefficient (Wildman–Crippen LogP) is 2.72. The van der Waals surface area contributed by atoms with Crippen molar-refractivity contribution in [1.29, 1.82) is 0 Å². The lowest BCUT2D eigenvalue weighted by Crippen LogP contribution is -2.47. The van der Waals surface area contributed by atoms with Crippen molar-refractivity contribution in [2.75, 3.05) is 18.4 Å². The molecule has 24 heavy (non-hydrogen) atoms. The van der Waals surface area contributed by atoms with Gasteiger partial charge in [0.1, 0.15) is 5.82 Å². The number of halogens is 1. The lowest BCUT2D eigenvalue weighted by Gasteiger charge is -2.45. The molecule has 4 rings (SSSR count). The van der Waals surface area contributed by atoms with E-state index in [1.54, 1.807) is 30.6 Å². The highest BCUT2D eigenvalue weighted by molar-refractivity contribution is 5.94. The van der Waals surface area contributed by atoms with E-state index in [1.165, 1.54) is 12.1 Å². The number of carbonyl (C=O) groups is 1. The molecular weight excluding hydrogens is 307 g/mol. The Hall–Kier alpha value is -2.50. The van der Waals surface area contributed by atoms with E-state index in [4.69, 9.17) is 0 Å². The molecule has 1 spiro atoms. The van der Waals surface area contributed by atoms with Gasteiger partial charge >= 0.3 is 0 Å². The summed E-state index contributed by atoms with van der Waals surface area (Å²) in [6.07, 6.45) is 6.47. The summed E-state index contributed by atoms with van der Waals surface area (Å²) in [5, 5.41) is 3.34. The van der Waals surface area contributed by atoms with Crippen LogP contribution in [0.4, 0.5) is 10.3 Å². The molecule has 2 aromatic rings. The number of anilines is 1. The summed E-state index contributed by atoms with van der Waals surface area (Å²) < 4.78 is 13.3. The van der Waals surface area contributed by atoms with Crippen LogP contribution in [0.1, 0.15) is 29.6 Å². The minimum absolute atomic E-state index is 0.0748. The van der Waals surface area contributed by atoms with E-state index < -0.39 is 0 Å². The average molecular weight is 326 g/mol. The van der Waals surface area contributed by atoms with Crippen LogP contribution in [0.5, 0.6) is 0 Å². The van der Waals surface area contributed by atoms with Crippen molar-refractivity contribution in [3.8, 4) is 0 Å². The first-order chi connectivity index (χ1) is 11.6. The fourth-order valence-corrected chi connectivity index (χ4v) is 3.89. The maximum absolute atomic E-state index is 13.3. The summed E-state index contributed by atoms with van der Waals surface area (Å²) in [5.74, 6) is 0.211. The monoisotopic (exact) mass is 326 g/mol. The zero-order valence-electron chi connectivity index (χ0n) is 13.3. The Bertz CT molecular complexity index is 746. The van der Waals surface area contributed by atoms with Gasteiger partial charge in [-0.25, -0.2) is 14.4 Å². The van der Waals surface area contributed by atoms with Crippen molar-refractivity contribution in [3.05, 3.63) is 54.1 Å². The van der Waals surface area contributed by atoms with Crippen LogP contribution in [0.25, 0.3) is 0 Å². The Morgan fingerprint density at radius 3 is 2.79 bits per heavy atom. The van der Waals surface area contributed by atoms with Crippen LogP contribution in [0.2, 0.25) is 0 Å². The molecule has 1 N–H and O–H groups in total. The Morgan fingerprint density at radius 1 is 1.25 bits per heavy atom. The van der Waals surface area contributed by atoms with Gasteiger partial charge in [-0.15, -0.1) is 0 Å². The van der Waals surface area contributed by atoms with Crippen molar-refractivity contribution in [1.82, 2.24) is 14.9 Å². The highest BCUT2D eigenvalue weighted by Crippen LogP contribution is 2.49. The smallest absolute Gasteiger partial charge is 0.253 e. The van der Waals surface area contributed by atoms with Crippen LogP contribution in [-0.4, -0.2) is 39.9 Å². The first-order valence-corrected chi connectivity index (χ1v) is 8.22. The van der Waals surface area contributed by atoms with Crippen LogP contribution in [0.15, 0.2) is 42.7 Å². The minimum atomic E-state index is -0.370. The van der Waals surface area contributed by atoms with E-state index >= 15 is 0 Å². The Labute approximate surface area is 139 Å². The third kappa shape index (κ3) is 2.84. The van der Waals surface area contributed by atoms with Gasteiger partial charge in [-0.3, -0.25) is 4.79 Å². The number of likely N-dealkylation sites (tertiary alicyclic amines) is 1. The minimum Gasteiger partial charge on any atom is -0.351 e. The molecule has 124 valence electrons.